The highest BCUT2D eigenvalue weighted by Crippen LogP contribution is 2.43. The van der Waals surface area contributed by atoms with E-state index in [1.165, 1.54) is 0 Å². The average Bonchev–Trinajstić information content (AvgIpc) is 2.62. The van der Waals surface area contributed by atoms with Crippen molar-refractivity contribution in [1.82, 2.24) is 0 Å². The lowest BCUT2D eigenvalue weighted by molar-refractivity contribution is -0.146. The molecule has 0 fully saturated rings. The maximum Gasteiger partial charge on any atom is 0.305 e. The maximum atomic E-state index is 14.1. The van der Waals surface area contributed by atoms with Crippen molar-refractivity contribution in [3.8, 4) is 0 Å². The van der Waals surface area contributed by atoms with Crippen molar-refractivity contribution >= 4 is 28.4 Å². The monoisotopic (exact) mass is 514 g/mol. The number of carbonyl (C=O) groups excluding carboxylic acids is 1. The van der Waals surface area contributed by atoms with Gasteiger partial charge in [-0.15, -0.1) is 0 Å². The number of ketones is 1. The molecular formula is C27H54O5Si2. The number of rotatable bonds is 12. The first-order valence-corrected chi connectivity index (χ1v) is 18.5. The summed E-state index contributed by atoms with van der Waals surface area (Å²) in [6, 6.07) is 0. The van der Waals surface area contributed by atoms with E-state index in [0.29, 0.717) is 0 Å². The van der Waals surface area contributed by atoms with Crippen LogP contribution in [-0.4, -0.2) is 45.7 Å². The molecule has 0 rings (SSSR count). The molecule has 1 N–H and O–H groups in total. The third-order valence-corrected chi connectivity index (χ3v) is 17.2. The van der Waals surface area contributed by atoms with Crippen molar-refractivity contribution in [3.05, 3.63) is 12.2 Å². The highest BCUT2D eigenvalue weighted by atomic mass is 28.4. The van der Waals surface area contributed by atoms with Gasteiger partial charge >= 0.3 is 5.97 Å². The van der Waals surface area contributed by atoms with Crippen molar-refractivity contribution < 1.29 is 23.5 Å². The Bertz CT molecular complexity index is 726. The van der Waals surface area contributed by atoms with Gasteiger partial charge in [0.2, 0.25) is 0 Å². The van der Waals surface area contributed by atoms with Crippen molar-refractivity contribution in [3.63, 3.8) is 0 Å². The lowest BCUT2D eigenvalue weighted by atomic mass is 9.73. The molecular weight excluding hydrogens is 460 g/mol. The standard InChI is InChI=1S/C27H54O5Si2/c1-16-17-19(2)23(32-34(14,15)26(7,8)9)20(3)24(30)27(10,11)21(18-22(28)29)31-33(12,13)25(4,5)6/h16-17,19-21,23H,18H2,1-15H3,(H,28,29)/b17-16+/t19-,20-,21+,23+/m1/s1. The van der Waals surface area contributed by atoms with Crippen LogP contribution in [0.2, 0.25) is 36.3 Å². The molecule has 0 aromatic heterocycles. The van der Waals surface area contributed by atoms with Gasteiger partial charge in [0.15, 0.2) is 16.6 Å². The summed E-state index contributed by atoms with van der Waals surface area (Å²) in [6.07, 6.45) is 2.91. The second kappa shape index (κ2) is 11.5. The average molecular weight is 515 g/mol. The van der Waals surface area contributed by atoms with Gasteiger partial charge in [0.25, 0.3) is 0 Å². The van der Waals surface area contributed by atoms with Crippen LogP contribution in [0.5, 0.6) is 0 Å². The van der Waals surface area contributed by atoms with E-state index in [4.69, 9.17) is 8.85 Å². The Balaban J connectivity index is 6.32. The second-order valence-corrected chi connectivity index (χ2v) is 23.1. The molecule has 0 aromatic rings. The Morgan fingerprint density at radius 2 is 1.26 bits per heavy atom. The topological polar surface area (TPSA) is 72.8 Å². The molecule has 7 heteroatoms. The van der Waals surface area contributed by atoms with E-state index in [-0.39, 0.29) is 34.3 Å². The van der Waals surface area contributed by atoms with Gasteiger partial charge in [-0.3, -0.25) is 9.59 Å². The first-order chi connectivity index (χ1) is 14.9. The van der Waals surface area contributed by atoms with Crippen molar-refractivity contribution in [2.75, 3.05) is 0 Å². The molecule has 0 spiro atoms. The van der Waals surface area contributed by atoms with Crippen LogP contribution < -0.4 is 0 Å². The highest BCUT2D eigenvalue weighted by molar-refractivity contribution is 6.74. The molecule has 34 heavy (non-hydrogen) atoms. The number of carbonyl (C=O) groups is 2. The molecule has 5 nitrogen and oxygen atoms in total. The summed E-state index contributed by atoms with van der Waals surface area (Å²) in [5, 5.41) is 9.59. The van der Waals surface area contributed by atoms with Crippen molar-refractivity contribution in [2.45, 2.75) is 131 Å². The molecule has 0 radical (unpaired) electrons. The minimum atomic E-state index is -2.30. The van der Waals surface area contributed by atoms with E-state index in [9.17, 15) is 14.7 Å². The van der Waals surface area contributed by atoms with E-state index in [1.807, 2.05) is 33.8 Å². The Hall–Kier alpha value is -0.766. The number of carboxylic acid groups (broad SMARTS) is 1. The molecule has 200 valence electrons. The molecule has 0 aliphatic carbocycles. The van der Waals surface area contributed by atoms with Crippen LogP contribution in [0.1, 0.15) is 82.6 Å². The molecule has 0 heterocycles. The van der Waals surface area contributed by atoms with E-state index >= 15 is 0 Å². The molecule has 0 saturated carbocycles. The minimum Gasteiger partial charge on any atom is -0.481 e. The summed E-state index contributed by atoms with van der Waals surface area (Å²) in [5.74, 6) is -1.31. The number of hydrogen-bond acceptors (Lipinski definition) is 4. The van der Waals surface area contributed by atoms with Gasteiger partial charge in [0.05, 0.1) is 18.6 Å². The maximum absolute atomic E-state index is 14.1. The molecule has 0 bridgehead atoms. The van der Waals surface area contributed by atoms with Crippen LogP contribution in [0.3, 0.4) is 0 Å². The number of aliphatic carboxylic acids is 1. The summed E-state index contributed by atoms with van der Waals surface area (Å²) in [7, 11) is -4.45. The SMILES string of the molecule is C/C=C/[C@@H](C)[C@H](O[Si](C)(C)C(C)(C)C)[C@@H](C)C(=O)C(C)(C)[C@H](CC(=O)O)O[Si](C)(C)C(C)(C)C. The molecule has 0 saturated heterocycles. The molecule has 0 amide bonds. The largest absolute Gasteiger partial charge is 0.481 e. The van der Waals surface area contributed by atoms with E-state index in [2.05, 4.69) is 80.7 Å². The number of carboxylic acids is 1. The summed E-state index contributed by atoms with van der Waals surface area (Å²) >= 11 is 0. The first-order valence-electron chi connectivity index (χ1n) is 12.7. The molecule has 0 aromatic carbocycles. The van der Waals surface area contributed by atoms with Crippen LogP contribution in [0, 0.1) is 17.3 Å². The smallest absolute Gasteiger partial charge is 0.305 e. The highest BCUT2D eigenvalue weighted by Gasteiger charge is 2.49. The summed E-state index contributed by atoms with van der Waals surface area (Å²) in [4.78, 5) is 25.9. The minimum absolute atomic E-state index is 0.00229. The second-order valence-electron chi connectivity index (χ2n) is 13.6. The Labute approximate surface area is 212 Å². The van der Waals surface area contributed by atoms with Gasteiger partial charge in [-0.05, 0) is 49.1 Å². The summed E-state index contributed by atoms with van der Waals surface area (Å²) in [6.45, 7) is 31.3. The van der Waals surface area contributed by atoms with Gasteiger partial charge < -0.3 is 14.0 Å². The van der Waals surface area contributed by atoms with Gasteiger partial charge in [-0.25, -0.2) is 0 Å². The van der Waals surface area contributed by atoms with Crippen LogP contribution in [-0.2, 0) is 18.4 Å². The van der Waals surface area contributed by atoms with E-state index in [0.717, 1.165) is 0 Å². The fraction of sp³-hybridized carbons (Fsp3) is 0.852. The Kier molecular flexibility index (Phi) is 11.3. The fourth-order valence-corrected chi connectivity index (χ4v) is 6.52. The molecule has 0 aliphatic rings. The predicted octanol–water partition coefficient (Wildman–Crippen LogP) is 7.69. The third-order valence-electron chi connectivity index (χ3n) is 8.20. The first kappa shape index (κ1) is 33.2. The van der Waals surface area contributed by atoms with E-state index < -0.39 is 40.0 Å². The number of allylic oxidation sites excluding steroid dienone is 1. The van der Waals surface area contributed by atoms with Crippen LogP contribution >= 0.6 is 0 Å². The van der Waals surface area contributed by atoms with Gasteiger partial charge in [0.1, 0.15) is 5.78 Å². The lowest BCUT2D eigenvalue weighted by Crippen LogP contribution is -2.54. The number of hydrogen-bond donors (Lipinski definition) is 1. The molecule has 4 atom stereocenters. The molecule has 0 aliphatic heterocycles. The summed E-state index contributed by atoms with van der Waals surface area (Å²) in [5.41, 5.74) is -0.974. The molecule has 0 unspecified atom stereocenters. The van der Waals surface area contributed by atoms with Gasteiger partial charge in [0, 0.05) is 11.3 Å². The number of Topliss-reactive ketones (excluding diaryl/α,β-unsaturated/α-hetero) is 1. The van der Waals surface area contributed by atoms with Crippen molar-refractivity contribution in [2.24, 2.45) is 17.3 Å². The lowest BCUT2D eigenvalue weighted by Gasteiger charge is -2.46. The predicted molar refractivity (Wildman–Crippen MR) is 148 cm³/mol. The van der Waals surface area contributed by atoms with Crippen molar-refractivity contribution in [1.29, 1.82) is 0 Å². The fourth-order valence-electron chi connectivity index (χ4n) is 3.62. The van der Waals surface area contributed by atoms with Gasteiger partial charge in [-0.1, -0.05) is 81.4 Å². The zero-order valence-electron chi connectivity index (χ0n) is 24.8. The summed E-state index contributed by atoms with van der Waals surface area (Å²) < 4.78 is 13.4. The van der Waals surface area contributed by atoms with Crippen LogP contribution in [0.25, 0.3) is 0 Å². The normalized spacial score (nSPS) is 18.0. The third kappa shape index (κ3) is 8.42. The Morgan fingerprint density at radius 3 is 1.62 bits per heavy atom. The quantitative estimate of drug-likeness (QED) is 0.213. The van der Waals surface area contributed by atoms with Crippen LogP contribution in [0.4, 0.5) is 0 Å². The van der Waals surface area contributed by atoms with E-state index in [1.54, 1.807) is 0 Å². The van der Waals surface area contributed by atoms with Crippen LogP contribution in [0.15, 0.2) is 12.2 Å². The Morgan fingerprint density at radius 1 is 0.853 bits per heavy atom. The van der Waals surface area contributed by atoms with Gasteiger partial charge in [-0.2, -0.15) is 0 Å². The zero-order chi connectivity index (χ0) is 27.5. The zero-order valence-corrected chi connectivity index (χ0v) is 26.8.